The number of benzene rings is 3. The van der Waals surface area contributed by atoms with Gasteiger partial charge in [0.1, 0.15) is 24.2 Å². The molecule has 1 aliphatic carbocycles. The van der Waals surface area contributed by atoms with E-state index in [-0.39, 0.29) is 56.5 Å². The Morgan fingerprint density at radius 3 is 2.32 bits per heavy atom. The normalized spacial score (nSPS) is 18.2. The number of carboxylic acids is 1. The van der Waals surface area contributed by atoms with Crippen LogP contribution in [0.1, 0.15) is 49.7 Å². The van der Waals surface area contributed by atoms with Crippen molar-refractivity contribution < 1.29 is 56.4 Å². The fraction of sp³-hybridized carbons (Fsp3) is 0.415. The first kappa shape index (κ1) is 40.1. The summed E-state index contributed by atoms with van der Waals surface area (Å²) in [5, 5.41) is 12.8. The zero-order valence-corrected chi connectivity index (χ0v) is 30.9. The van der Waals surface area contributed by atoms with Gasteiger partial charge in [-0.05, 0) is 85.2 Å². The molecule has 3 aromatic rings. The lowest BCUT2D eigenvalue weighted by atomic mass is 9.82. The number of rotatable bonds is 19. The molecule has 2 fully saturated rings. The first-order valence-corrected chi connectivity index (χ1v) is 18.6. The molecule has 2 heterocycles. The van der Waals surface area contributed by atoms with Crippen molar-refractivity contribution in [2.24, 2.45) is 0 Å². The summed E-state index contributed by atoms with van der Waals surface area (Å²) in [6, 6.07) is 15.6. The average Bonchev–Trinajstić information content (AvgIpc) is 4.03. The highest BCUT2D eigenvalue weighted by Crippen LogP contribution is 2.37. The quantitative estimate of drug-likeness (QED) is 0.0978. The number of carbonyl (C=O) groups excluding carboxylic acids is 3. The summed E-state index contributed by atoms with van der Waals surface area (Å²) in [4.78, 5) is 54.0. The van der Waals surface area contributed by atoms with Gasteiger partial charge in [-0.2, -0.15) is 4.39 Å². The van der Waals surface area contributed by atoms with Crippen molar-refractivity contribution in [3.63, 3.8) is 0 Å². The number of methoxy groups -OCH3 is 1. The largest absolute Gasteiger partial charge is 0.497 e. The number of aryl methyl sites for hydroxylation is 1. The van der Waals surface area contributed by atoms with Crippen molar-refractivity contribution in [2.45, 2.75) is 69.2 Å². The van der Waals surface area contributed by atoms with Gasteiger partial charge < -0.3 is 39.2 Å². The Kier molecular flexibility index (Phi) is 13.2. The van der Waals surface area contributed by atoms with Crippen LogP contribution in [0.2, 0.25) is 0 Å². The van der Waals surface area contributed by atoms with Crippen LogP contribution in [-0.4, -0.2) is 103 Å². The van der Waals surface area contributed by atoms with Gasteiger partial charge in [0.25, 0.3) is 12.4 Å². The second-order valence-electron chi connectivity index (χ2n) is 14.0. The molecule has 0 spiro atoms. The maximum absolute atomic E-state index is 14.7. The molecule has 56 heavy (non-hydrogen) atoms. The van der Waals surface area contributed by atoms with Crippen LogP contribution in [0.5, 0.6) is 17.2 Å². The summed E-state index contributed by atoms with van der Waals surface area (Å²) in [6.07, 6.45) is 1.08. The lowest BCUT2D eigenvalue weighted by Crippen LogP contribution is -2.62. The zero-order valence-electron chi connectivity index (χ0n) is 30.9. The highest BCUT2D eigenvalue weighted by molar-refractivity contribution is 6.03. The molecule has 3 aliphatic rings. The maximum Gasteiger partial charge on any atom is 0.307 e. The Hall–Kier alpha value is -5.57. The number of amides is 2. The monoisotopic (exact) mass is 779 g/mol. The van der Waals surface area contributed by atoms with Crippen molar-refractivity contribution >= 4 is 29.8 Å². The third-order valence-corrected chi connectivity index (χ3v) is 10.1. The van der Waals surface area contributed by atoms with E-state index in [1.54, 1.807) is 36.3 Å². The Bertz CT molecular complexity index is 1920. The minimum Gasteiger partial charge on any atom is -0.497 e. The molecule has 3 atom stereocenters. The summed E-state index contributed by atoms with van der Waals surface area (Å²) >= 11 is 0. The predicted molar refractivity (Wildman–Crippen MR) is 196 cm³/mol. The third kappa shape index (κ3) is 9.99. The Balaban J connectivity index is 1.20. The summed E-state index contributed by atoms with van der Waals surface area (Å²) in [5.41, 5.74) is 3.12. The van der Waals surface area contributed by atoms with Gasteiger partial charge in [-0.3, -0.25) is 19.2 Å². The van der Waals surface area contributed by atoms with Crippen molar-refractivity contribution in [2.75, 3.05) is 40.0 Å². The molecule has 2 bridgehead atoms. The number of nitrogens with one attached hydrogen (secondary N) is 1. The van der Waals surface area contributed by atoms with E-state index in [0.717, 1.165) is 35.6 Å². The van der Waals surface area contributed by atoms with Crippen LogP contribution in [0, 0.1) is 17.5 Å². The standard InChI is InChI=1S/C41H44F3N3O9/c1-53-29-10-12-30(13-11-29)54-18-16-47(28-8-9-28)41(52)38-32(19-27-22-46(23-35(38)45-27)36(49)20-31(56-24-48)21-37(50)51)26-6-4-25(5-7-26)3-2-17-55-40-34(43)15-14-33(42)39(40)44/h4-7,10-15,24,27-28,31,35,45H,2-3,8-9,16-23H2,1H3,(H,50,51)/t27-,31+,35-/m1/s1. The summed E-state index contributed by atoms with van der Waals surface area (Å²) in [7, 11) is 1.58. The number of ether oxygens (including phenoxy) is 4. The van der Waals surface area contributed by atoms with Crippen LogP contribution in [0.15, 0.2) is 66.2 Å². The lowest BCUT2D eigenvalue weighted by molar-refractivity contribution is -0.147. The predicted octanol–water partition coefficient (Wildman–Crippen LogP) is 4.93. The fourth-order valence-electron chi connectivity index (χ4n) is 7.22. The number of aliphatic carboxylic acids is 1. The molecule has 2 amide bonds. The molecule has 1 saturated heterocycles. The van der Waals surface area contributed by atoms with Gasteiger partial charge in [-0.25, -0.2) is 8.78 Å². The number of carboxylic acid groups (broad SMARTS) is 1. The molecule has 3 aromatic carbocycles. The number of halogens is 3. The average molecular weight is 780 g/mol. The minimum atomic E-state index is -1.37. The van der Waals surface area contributed by atoms with Crippen LogP contribution in [0.3, 0.4) is 0 Å². The van der Waals surface area contributed by atoms with Crippen LogP contribution in [0.4, 0.5) is 13.2 Å². The summed E-state index contributed by atoms with van der Waals surface area (Å²) < 4.78 is 62.9. The van der Waals surface area contributed by atoms with Crippen molar-refractivity contribution in [1.82, 2.24) is 15.1 Å². The van der Waals surface area contributed by atoms with E-state index in [0.29, 0.717) is 55.5 Å². The second kappa shape index (κ2) is 18.4. The number of hydrogen-bond donors (Lipinski definition) is 2. The van der Waals surface area contributed by atoms with Gasteiger partial charge in [0.15, 0.2) is 17.4 Å². The molecule has 2 aliphatic heterocycles. The third-order valence-electron chi connectivity index (χ3n) is 10.1. The fourth-order valence-corrected chi connectivity index (χ4v) is 7.22. The van der Waals surface area contributed by atoms with Gasteiger partial charge in [0.05, 0.1) is 39.1 Å². The Labute approximate surface area is 322 Å². The van der Waals surface area contributed by atoms with Crippen molar-refractivity contribution in [3.05, 3.63) is 94.8 Å². The molecule has 0 unspecified atom stereocenters. The van der Waals surface area contributed by atoms with Crippen LogP contribution in [0.25, 0.3) is 5.57 Å². The SMILES string of the molecule is COc1ccc(OCCN(C(=O)C2=C(c3ccc(CCCOc4c(F)ccc(F)c4F)cc3)C[C@@H]3CN(C(=O)C[C@@H](CC(=O)O)OC=O)C[C@H]2N3)C2CC2)cc1. The number of nitrogens with zero attached hydrogens (tertiary/aromatic N) is 2. The van der Waals surface area contributed by atoms with Crippen LogP contribution in [-0.2, 0) is 30.3 Å². The maximum atomic E-state index is 14.7. The molecular formula is C41H44F3N3O9. The Morgan fingerprint density at radius 1 is 0.929 bits per heavy atom. The number of fused-ring (bicyclic) bond motifs is 2. The van der Waals surface area contributed by atoms with Gasteiger partial charge in [-0.1, -0.05) is 24.3 Å². The molecular weight excluding hydrogens is 735 g/mol. The second-order valence-corrected chi connectivity index (χ2v) is 14.0. The molecule has 6 rings (SSSR count). The van der Waals surface area contributed by atoms with E-state index >= 15 is 0 Å². The van der Waals surface area contributed by atoms with Crippen molar-refractivity contribution in [3.8, 4) is 17.2 Å². The molecule has 0 radical (unpaired) electrons. The van der Waals surface area contributed by atoms with Gasteiger partial charge in [0.2, 0.25) is 11.7 Å². The molecule has 298 valence electrons. The van der Waals surface area contributed by atoms with Gasteiger partial charge in [0, 0.05) is 30.7 Å². The van der Waals surface area contributed by atoms with Gasteiger partial charge in [-0.15, -0.1) is 0 Å². The van der Waals surface area contributed by atoms with E-state index in [1.165, 1.54) is 0 Å². The number of piperazine rings is 1. The molecule has 0 aromatic heterocycles. The Morgan fingerprint density at radius 2 is 1.64 bits per heavy atom. The van der Waals surface area contributed by atoms with E-state index in [2.05, 4.69) is 5.32 Å². The summed E-state index contributed by atoms with van der Waals surface area (Å²) in [6.45, 7) is 1.12. The molecule has 1 saturated carbocycles. The van der Waals surface area contributed by atoms with Gasteiger partial charge >= 0.3 is 5.97 Å². The van der Waals surface area contributed by atoms with Crippen molar-refractivity contribution in [1.29, 1.82) is 0 Å². The molecule has 15 heteroatoms. The van der Waals surface area contributed by atoms with E-state index in [4.69, 9.17) is 18.9 Å². The van der Waals surface area contributed by atoms with Crippen LogP contribution < -0.4 is 19.5 Å². The first-order valence-electron chi connectivity index (χ1n) is 18.6. The highest BCUT2D eigenvalue weighted by Gasteiger charge is 2.43. The topological polar surface area (TPSA) is 144 Å². The minimum absolute atomic E-state index is 0.0333. The van der Waals surface area contributed by atoms with Crippen LogP contribution >= 0.6 is 0 Å². The highest BCUT2D eigenvalue weighted by atomic mass is 19.2. The van der Waals surface area contributed by atoms with E-state index in [9.17, 15) is 37.5 Å². The molecule has 2 N–H and O–H groups in total. The first-order chi connectivity index (χ1) is 27.0. The zero-order chi connectivity index (χ0) is 39.8. The lowest BCUT2D eigenvalue weighted by Gasteiger charge is -2.45. The number of hydrogen-bond acceptors (Lipinski definition) is 9. The smallest absolute Gasteiger partial charge is 0.307 e. The van der Waals surface area contributed by atoms with E-state index in [1.807, 2.05) is 29.2 Å². The van der Waals surface area contributed by atoms with E-state index < -0.39 is 47.7 Å². The number of carbonyl (C=O) groups is 4. The molecule has 12 nitrogen and oxygen atoms in total. The summed E-state index contributed by atoms with van der Waals surface area (Å²) in [5.74, 6) is -4.71.